The average molecular weight is 220 g/mol. The van der Waals surface area contributed by atoms with Crippen molar-refractivity contribution in [2.45, 2.75) is 19.9 Å². The lowest BCUT2D eigenvalue weighted by Crippen LogP contribution is -2.25. The molecule has 0 aliphatic rings. The minimum Gasteiger partial charge on any atom is -0.396 e. The maximum absolute atomic E-state index is 13.2. The molecule has 86 valence electrons. The number of anilines is 1. The fraction of sp³-hybridized carbons (Fsp3) is 0.385. The van der Waals surface area contributed by atoms with E-state index >= 15 is 0 Å². The molecule has 3 heteroatoms. The van der Waals surface area contributed by atoms with Crippen molar-refractivity contribution in [1.29, 1.82) is 0 Å². The van der Waals surface area contributed by atoms with E-state index < -0.39 is 0 Å². The number of terminal acetylenes is 1. The Hall–Kier alpha value is -1.53. The van der Waals surface area contributed by atoms with Gasteiger partial charge in [0.25, 0.3) is 0 Å². The summed E-state index contributed by atoms with van der Waals surface area (Å²) in [5, 5.41) is 0. The van der Waals surface area contributed by atoms with Gasteiger partial charge < -0.3 is 5.73 Å². The summed E-state index contributed by atoms with van der Waals surface area (Å²) in [6, 6.07) is 4.86. The summed E-state index contributed by atoms with van der Waals surface area (Å²) in [6.07, 6.45) is 6.30. The molecule has 0 saturated carbocycles. The number of nitrogen functional groups attached to an aromatic ring is 1. The van der Waals surface area contributed by atoms with Gasteiger partial charge >= 0.3 is 0 Å². The number of hydrogen-bond acceptors (Lipinski definition) is 2. The van der Waals surface area contributed by atoms with Crippen LogP contribution in [0.3, 0.4) is 0 Å². The molecule has 0 aromatic heterocycles. The molecule has 1 aromatic rings. The van der Waals surface area contributed by atoms with Crippen LogP contribution in [0.2, 0.25) is 0 Å². The highest BCUT2D eigenvalue weighted by atomic mass is 19.1. The summed E-state index contributed by atoms with van der Waals surface area (Å²) >= 11 is 0. The summed E-state index contributed by atoms with van der Waals surface area (Å²) in [7, 11) is 0. The number of halogens is 1. The Morgan fingerprint density at radius 2 is 2.25 bits per heavy atom. The highest BCUT2D eigenvalue weighted by molar-refractivity contribution is 5.47. The summed E-state index contributed by atoms with van der Waals surface area (Å²) in [6.45, 7) is 4.13. The summed E-state index contributed by atoms with van der Waals surface area (Å²) < 4.78 is 13.2. The Bertz CT molecular complexity index is 382. The Morgan fingerprint density at radius 1 is 1.50 bits per heavy atom. The molecule has 0 unspecified atom stereocenters. The van der Waals surface area contributed by atoms with Crippen molar-refractivity contribution < 1.29 is 4.39 Å². The molecule has 2 N–H and O–H groups in total. The first-order chi connectivity index (χ1) is 7.69. The van der Waals surface area contributed by atoms with Gasteiger partial charge in [0.2, 0.25) is 0 Å². The molecule has 1 rings (SSSR count). The lowest BCUT2D eigenvalue weighted by molar-refractivity contribution is 0.300. The molecule has 16 heavy (non-hydrogen) atoms. The summed E-state index contributed by atoms with van der Waals surface area (Å²) in [5.74, 6) is 2.23. The Labute approximate surface area is 96.3 Å². The molecular formula is C13H17FN2. The van der Waals surface area contributed by atoms with Gasteiger partial charge in [-0.25, -0.2) is 4.39 Å². The summed E-state index contributed by atoms with van der Waals surface area (Å²) in [4.78, 5) is 2.07. The smallest absolute Gasteiger partial charge is 0.146 e. The van der Waals surface area contributed by atoms with E-state index in [9.17, 15) is 4.39 Å². The lowest BCUT2D eigenvalue weighted by Gasteiger charge is -2.19. The van der Waals surface area contributed by atoms with Gasteiger partial charge in [0.15, 0.2) is 0 Å². The van der Waals surface area contributed by atoms with Crippen LogP contribution in [0.15, 0.2) is 18.2 Å². The Morgan fingerprint density at radius 3 is 2.88 bits per heavy atom. The van der Waals surface area contributed by atoms with Crippen molar-refractivity contribution in [1.82, 2.24) is 4.90 Å². The van der Waals surface area contributed by atoms with Crippen molar-refractivity contribution in [2.75, 3.05) is 18.8 Å². The van der Waals surface area contributed by atoms with E-state index in [1.54, 1.807) is 6.07 Å². The standard InChI is InChI=1S/C13H17FN2/c1-3-8-16(9-4-2)10-11-6-5-7-12(14)13(11)15/h1,5-7H,4,8-10,15H2,2H3. The number of rotatable bonds is 5. The van der Waals surface area contributed by atoms with E-state index in [4.69, 9.17) is 12.2 Å². The van der Waals surface area contributed by atoms with Gasteiger partial charge in [-0.05, 0) is 24.6 Å². The monoisotopic (exact) mass is 220 g/mol. The number of benzene rings is 1. The molecule has 0 aliphatic heterocycles. The van der Waals surface area contributed by atoms with Crippen LogP contribution in [0.1, 0.15) is 18.9 Å². The van der Waals surface area contributed by atoms with Gasteiger partial charge in [0.1, 0.15) is 5.82 Å². The first-order valence-corrected chi connectivity index (χ1v) is 5.37. The van der Waals surface area contributed by atoms with Crippen molar-refractivity contribution in [2.24, 2.45) is 0 Å². The van der Waals surface area contributed by atoms with Crippen molar-refractivity contribution in [3.63, 3.8) is 0 Å². The normalized spacial score (nSPS) is 10.4. The zero-order chi connectivity index (χ0) is 12.0. The number of nitrogens with two attached hydrogens (primary N) is 1. The minimum absolute atomic E-state index is 0.223. The molecule has 0 heterocycles. The van der Waals surface area contributed by atoms with Crippen LogP contribution >= 0.6 is 0 Å². The highest BCUT2D eigenvalue weighted by Crippen LogP contribution is 2.17. The predicted molar refractivity (Wildman–Crippen MR) is 65.2 cm³/mol. The van der Waals surface area contributed by atoms with Crippen molar-refractivity contribution >= 4 is 5.69 Å². The fourth-order valence-electron chi connectivity index (χ4n) is 1.62. The van der Waals surface area contributed by atoms with E-state index in [-0.39, 0.29) is 11.5 Å². The first kappa shape index (κ1) is 12.5. The van der Waals surface area contributed by atoms with E-state index in [1.807, 2.05) is 6.07 Å². The van der Waals surface area contributed by atoms with Crippen LogP contribution in [0.5, 0.6) is 0 Å². The lowest BCUT2D eigenvalue weighted by atomic mass is 10.1. The zero-order valence-corrected chi connectivity index (χ0v) is 9.54. The van der Waals surface area contributed by atoms with Gasteiger partial charge in [-0.1, -0.05) is 25.0 Å². The van der Waals surface area contributed by atoms with Crippen LogP contribution in [-0.2, 0) is 6.54 Å². The van der Waals surface area contributed by atoms with Gasteiger partial charge in [0.05, 0.1) is 12.2 Å². The molecule has 0 aliphatic carbocycles. The Kier molecular flexibility index (Phi) is 4.81. The van der Waals surface area contributed by atoms with Crippen LogP contribution in [0.25, 0.3) is 0 Å². The quantitative estimate of drug-likeness (QED) is 0.609. The van der Waals surface area contributed by atoms with E-state index in [0.29, 0.717) is 13.1 Å². The summed E-state index contributed by atoms with van der Waals surface area (Å²) in [5.41, 5.74) is 6.69. The average Bonchev–Trinajstić information content (AvgIpc) is 2.25. The van der Waals surface area contributed by atoms with Crippen molar-refractivity contribution in [3.8, 4) is 12.3 Å². The largest absolute Gasteiger partial charge is 0.396 e. The van der Waals surface area contributed by atoms with Gasteiger partial charge in [-0.2, -0.15) is 0 Å². The second kappa shape index (κ2) is 6.14. The van der Waals surface area contributed by atoms with E-state index in [0.717, 1.165) is 18.5 Å². The molecule has 0 amide bonds. The Balaban J connectivity index is 2.77. The second-order valence-corrected chi connectivity index (χ2v) is 3.73. The van der Waals surface area contributed by atoms with Gasteiger partial charge in [-0.15, -0.1) is 6.42 Å². The zero-order valence-electron chi connectivity index (χ0n) is 9.54. The third-order valence-corrected chi connectivity index (χ3v) is 2.39. The topological polar surface area (TPSA) is 29.3 Å². The molecule has 0 saturated heterocycles. The highest BCUT2D eigenvalue weighted by Gasteiger charge is 2.08. The molecule has 0 atom stereocenters. The molecule has 2 nitrogen and oxygen atoms in total. The number of nitrogens with zero attached hydrogens (tertiary/aromatic N) is 1. The minimum atomic E-state index is -0.366. The molecule has 0 fully saturated rings. The fourth-order valence-corrected chi connectivity index (χ4v) is 1.62. The van der Waals surface area contributed by atoms with Crippen molar-refractivity contribution in [3.05, 3.63) is 29.6 Å². The number of hydrogen-bond donors (Lipinski definition) is 1. The van der Waals surface area contributed by atoms with Crippen LogP contribution in [0, 0.1) is 18.2 Å². The predicted octanol–water partition coefficient (Wildman–Crippen LogP) is 2.25. The maximum Gasteiger partial charge on any atom is 0.146 e. The third-order valence-electron chi connectivity index (χ3n) is 2.39. The molecule has 1 aromatic carbocycles. The first-order valence-electron chi connectivity index (χ1n) is 5.37. The van der Waals surface area contributed by atoms with Crippen LogP contribution in [0.4, 0.5) is 10.1 Å². The van der Waals surface area contributed by atoms with E-state index in [1.165, 1.54) is 6.07 Å². The maximum atomic E-state index is 13.2. The molecule has 0 radical (unpaired) electrons. The SMILES string of the molecule is C#CCN(CCC)Cc1cccc(F)c1N. The second-order valence-electron chi connectivity index (χ2n) is 3.73. The van der Waals surface area contributed by atoms with Crippen LogP contribution in [-0.4, -0.2) is 18.0 Å². The molecule has 0 spiro atoms. The molecular weight excluding hydrogens is 203 g/mol. The molecule has 0 bridgehead atoms. The number of para-hydroxylation sites is 1. The third kappa shape index (κ3) is 3.25. The van der Waals surface area contributed by atoms with Gasteiger partial charge in [-0.3, -0.25) is 4.90 Å². The van der Waals surface area contributed by atoms with Crippen LogP contribution < -0.4 is 5.73 Å². The van der Waals surface area contributed by atoms with Gasteiger partial charge in [0, 0.05) is 6.54 Å². The van der Waals surface area contributed by atoms with E-state index in [2.05, 4.69) is 17.7 Å².